The number of hydrogen-bond acceptors (Lipinski definition) is 5. The van der Waals surface area contributed by atoms with Gasteiger partial charge in [-0.3, -0.25) is 4.79 Å². The zero-order chi connectivity index (χ0) is 26.9. The van der Waals surface area contributed by atoms with Crippen molar-refractivity contribution in [3.8, 4) is 22.6 Å². The van der Waals surface area contributed by atoms with Gasteiger partial charge >= 0.3 is 5.97 Å². The zero-order valence-electron chi connectivity index (χ0n) is 21.3. The first-order chi connectivity index (χ1) is 17.8. The Morgan fingerprint density at radius 1 is 1.03 bits per heavy atom. The molecular formula is C28H33Cl2NO6. The van der Waals surface area contributed by atoms with E-state index in [0.717, 1.165) is 47.9 Å². The monoisotopic (exact) mass is 549 g/mol. The molecule has 1 fully saturated rings. The highest BCUT2D eigenvalue weighted by molar-refractivity contribution is 6.57. The molecule has 9 heteroatoms. The standard InChI is InChI=1S/C28H33Cl2NO6/c1-4-37-16-18-14-22(35-2)24(23(15-18)36-3)20-11-9-17(10-12-20)13-21(28(33)34)31-27(32)25(26(29)30)19-7-5-6-8-19/h9-12,14-15,19,21H,4-8,13,16H2,1-3H3,(H,31,32)(H,33,34)/t21-/m0/s1. The second-order valence-corrected chi connectivity index (χ2v) is 9.88. The van der Waals surface area contributed by atoms with E-state index in [4.69, 9.17) is 37.4 Å². The molecule has 0 aromatic heterocycles. The minimum atomic E-state index is -1.14. The Morgan fingerprint density at radius 2 is 1.62 bits per heavy atom. The largest absolute Gasteiger partial charge is 0.496 e. The number of halogens is 2. The van der Waals surface area contributed by atoms with E-state index >= 15 is 0 Å². The van der Waals surface area contributed by atoms with E-state index in [-0.39, 0.29) is 22.4 Å². The summed E-state index contributed by atoms with van der Waals surface area (Å²) in [6.07, 6.45) is 3.69. The number of nitrogens with one attached hydrogen (secondary N) is 1. The lowest BCUT2D eigenvalue weighted by Crippen LogP contribution is -2.43. The molecule has 0 heterocycles. The van der Waals surface area contributed by atoms with E-state index in [1.807, 2.05) is 43.3 Å². The maximum atomic E-state index is 12.9. The van der Waals surface area contributed by atoms with Gasteiger partial charge in [-0.1, -0.05) is 60.3 Å². The van der Waals surface area contributed by atoms with Gasteiger partial charge in [-0.15, -0.1) is 0 Å². The van der Waals surface area contributed by atoms with Crippen molar-refractivity contribution < 1.29 is 28.9 Å². The van der Waals surface area contributed by atoms with Crippen LogP contribution in [-0.2, 0) is 27.4 Å². The lowest BCUT2D eigenvalue weighted by atomic mass is 9.96. The number of aliphatic carboxylic acids is 1. The Hall–Kier alpha value is -2.74. The van der Waals surface area contributed by atoms with Gasteiger partial charge in [0.05, 0.1) is 32.0 Å². The van der Waals surface area contributed by atoms with E-state index in [0.29, 0.717) is 24.7 Å². The summed E-state index contributed by atoms with van der Waals surface area (Å²) in [6.45, 7) is 2.98. The summed E-state index contributed by atoms with van der Waals surface area (Å²) < 4.78 is 16.7. The van der Waals surface area contributed by atoms with Crippen molar-refractivity contribution in [3.63, 3.8) is 0 Å². The average molecular weight is 550 g/mol. The molecule has 7 nitrogen and oxygen atoms in total. The number of carbonyl (C=O) groups excluding carboxylic acids is 1. The molecule has 1 atom stereocenters. The first-order valence-electron chi connectivity index (χ1n) is 12.3. The van der Waals surface area contributed by atoms with Crippen LogP contribution in [0.25, 0.3) is 11.1 Å². The SMILES string of the molecule is CCOCc1cc(OC)c(-c2ccc(C[C@H](NC(=O)C(=C(Cl)Cl)C3CCCC3)C(=O)O)cc2)c(OC)c1. The highest BCUT2D eigenvalue weighted by atomic mass is 35.5. The minimum absolute atomic E-state index is 0.0522. The molecule has 0 unspecified atom stereocenters. The molecule has 200 valence electrons. The highest BCUT2D eigenvalue weighted by Gasteiger charge is 2.30. The van der Waals surface area contributed by atoms with E-state index in [9.17, 15) is 14.7 Å². The van der Waals surface area contributed by atoms with Crippen LogP contribution in [0.15, 0.2) is 46.5 Å². The van der Waals surface area contributed by atoms with Crippen LogP contribution in [0.4, 0.5) is 0 Å². The first kappa shape index (κ1) is 28.8. The van der Waals surface area contributed by atoms with Gasteiger partial charge in [0.15, 0.2) is 0 Å². The number of rotatable bonds is 12. The van der Waals surface area contributed by atoms with Crippen molar-refractivity contribution in [2.75, 3.05) is 20.8 Å². The number of benzene rings is 2. The summed E-state index contributed by atoms with van der Waals surface area (Å²) in [6, 6.07) is 10.1. The van der Waals surface area contributed by atoms with Crippen LogP contribution in [0, 0.1) is 5.92 Å². The predicted octanol–water partition coefficient (Wildman–Crippen LogP) is 5.90. The average Bonchev–Trinajstić information content (AvgIpc) is 3.40. The number of carbonyl (C=O) groups is 2. The Kier molecular flexibility index (Phi) is 10.7. The van der Waals surface area contributed by atoms with Crippen molar-refractivity contribution in [2.45, 2.75) is 51.7 Å². The summed E-state index contributed by atoms with van der Waals surface area (Å²) in [5, 5.41) is 12.4. The third kappa shape index (κ3) is 7.40. The molecule has 0 aliphatic heterocycles. The van der Waals surface area contributed by atoms with Crippen LogP contribution >= 0.6 is 23.2 Å². The van der Waals surface area contributed by atoms with Gasteiger partial charge in [0.25, 0.3) is 5.91 Å². The van der Waals surface area contributed by atoms with Crippen molar-refractivity contribution in [1.29, 1.82) is 0 Å². The molecule has 1 aliphatic carbocycles. The summed E-state index contributed by atoms with van der Waals surface area (Å²) >= 11 is 12.0. The Labute approximate surface area is 227 Å². The molecule has 1 saturated carbocycles. The van der Waals surface area contributed by atoms with Crippen LogP contribution in [0.5, 0.6) is 11.5 Å². The number of methoxy groups -OCH3 is 2. The Bertz CT molecular complexity index is 1100. The molecule has 2 aromatic carbocycles. The van der Waals surface area contributed by atoms with Crippen LogP contribution in [0.3, 0.4) is 0 Å². The number of amides is 1. The Morgan fingerprint density at radius 3 is 2.11 bits per heavy atom. The fourth-order valence-corrected chi connectivity index (χ4v) is 5.15. The van der Waals surface area contributed by atoms with Gasteiger partial charge in [0.2, 0.25) is 0 Å². The molecular weight excluding hydrogens is 517 g/mol. The second-order valence-electron chi connectivity index (χ2n) is 8.93. The molecule has 0 saturated heterocycles. The molecule has 1 aliphatic rings. The van der Waals surface area contributed by atoms with Crippen LogP contribution in [0.2, 0.25) is 0 Å². The fourth-order valence-electron chi connectivity index (χ4n) is 4.67. The van der Waals surface area contributed by atoms with E-state index < -0.39 is 17.9 Å². The second kappa shape index (κ2) is 13.7. The van der Waals surface area contributed by atoms with Crippen LogP contribution in [0.1, 0.15) is 43.7 Å². The fraction of sp³-hybridized carbons (Fsp3) is 0.429. The molecule has 2 N–H and O–H groups in total. The summed E-state index contributed by atoms with van der Waals surface area (Å²) in [7, 11) is 3.19. The first-order valence-corrected chi connectivity index (χ1v) is 13.0. The van der Waals surface area contributed by atoms with Crippen LogP contribution < -0.4 is 14.8 Å². The normalized spacial score (nSPS) is 14.2. The molecule has 0 spiro atoms. The molecule has 0 bridgehead atoms. The van der Waals surface area contributed by atoms with E-state index in [2.05, 4.69) is 5.32 Å². The summed E-state index contributed by atoms with van der Waals surface area (Å²) in [4.78, 5) is 24.9. The Balaban J connectivity index is 1.80. The lowest BCUT2D eigenvalue weighted by molar-refractivity contribution is -0.141. The van der Waals surface area contributed by atoms with Crippen molar-refractivity contribution in [3.05, 3.63) is 57.6 Å². The molecule has 2 aromatic rings. The predicted molar refractivity (Wildman–Crippen MR) is 144 cm³/mol. The summed E-state index contributed by atoms with van der Waals surface area (Å²) in [5.74, 6) is -0.438. The van der Waals surface area contributed by atoms with Crippen molar-refractivity contribution in [2.24, 2.45) is 5.92 Å². The maximum absolute atomic E-state index is 12.9. The van der Waals surface area contributed by atoms with Crippen LogP contribution in [-0.4, -0.2) is 43.9 Å². The van der Waals surface area contributed by atoms with Crippen molar-refractivity contribution in [1.82, 2.24) is 5.32 Å². The smallest absolute Gasteiger partial charge is 0.326 e. The zero-order valence-corrected chi connectivity index (χ0v) is 22.8. The third-order valence-electron chi connectivity index (χ3n) is 6.54. The lowest BCUT2D eigenvalue weighted by Gasteiger charge is -2.19. The molecule has 3 rings (SSSR count). The quantitative estimate of drug-likeness (QED) is 0.320. The van der Waals surface area contributed by atoms with Gasteiger partial charge in [-0.05, 0) is 54.5 Å². The number of carboxylic acids is 1. The number of ether oxygens (including phenoxy) is 3. The molecule has 1 amide bonds. The van der Waals surface area contributed by atoms with Gasteiger partial charge in [-0.25, -0.2) is 4.79 Å². The minimum Gasteiger partial charge on any atom is -0.496 e. The third-order valence-corrected chi connectivity index (χ3v) is 6.94. The molecule has 37 heavy (non-hydrogen) atoms. The highest BCUT2D eigenvalue weighted by Crippen LogP contribution is 2.40. The maximum Gasteiger partial charge on any atom is 0.326 e. The number of hydrogen-bond donors (Lipinski definition) is 2. The topological polar surface area (TPSA) is 94.1 Å². The van der Waals surface area contributed by atoms with E-state index in [1.54, 1.807) is 14.2 Å². The summed E-state index contributed by atoms with van der Waals surface area (Å²) in [5.41, 5.74) is 3.57. The molecule has 0 radical (unpaired) electrons. The number of carboxylic acid groups (broad SMARTS) is 1. The van der Waals surface area contributed by atoms with Gasteiger partial charge < -0.3 is 24.6 Å². The van der Waals surface area contributed by atoms with Gasteiger partial charge in [-0.2, -0.15) is 0 Å². The van der Waals surface area contributed by atoms with Gasteiger partial charge in [0, 0.05) is 13.0 Å². The van der Waals surface area contributed by atoms with E-state index in [1.165, 1.54) is 0 Å². The van der Waals surface area contributed by atoms with Crippen molar-refractivity contribution >= 4 is 35.1 Å². The van der Waals surface area contributed by atoms with Gasteiger partial charge in [0.1, 0.15) is 22.0 Å².